The van der Waals surface area contributed by atoms with E-state index >= 15 is 0 Å². The topological polar surface area (TPSA) is 43.1 Å². The first-order valence-electron chi connectivity index (χ1n) is 3.35. The Hall–Kier alpha value is -1.12. The summed E-state index contributed by atoms with van der Waals surface area (Å²) in [5.74, 6) is 0. The highest BCUT2D eigenvalue weighted by Gasteiger charge is 2.25. The van der Waals surface area contributed by atoms with E-state index in [0.29, 0.717) is 0 Å². The molecule has 0 aliphatic rings. The van der Waals surface area contributed by atoms with E-state index in [-0.39, 0.29) is 4.92 Å². The van der Waals surface area contributed by atoms with Gasteiger partial charge in [-0.25, -0.2) is 0 Å². The van der Waals surface area contributed by atoms with Gasteiger partial charge in [0.15, 0.2) is 0 Å². The highest BCUT2D eigenvalue weighted by atomic mass is 16.6. The van der Waals surface area contributed by atoms with E-state index in [1.807, 2.05) is 0 Å². The molecule has 0 saturated heterocycles. The van der Waals surface area contributed by atoms with Crippen LogP contribution in [0.5, 0.6) is 0 Å². The Morgan fingerprint density at radius 2 is 2.09 bits per heavy atom. The van der Waals surface area contributed by atoms with Crippen LogP contribution in [0, 0.1) is 10.1 Å². The third-order valence-corrected chi connectivity index (χ3v) is 1.25. The summed E-state index contributed by atoms with van der Waals surface area (Å²) in [5.41, 5.74) is -0.168. The number of nitrogens with zero attached hydrogens (tertiary/aromatic N) is 1. The fraction of sp³-hybridized carbons (Fsp3) is 0.500. The predicted octanol–water partition coefficient (Wildman–Crippen LogP) is 2.17. The van der Waals surface area contributed by atoms with Crippen LogP contribution in [0.15, 0.2) is 24.3 Å². The van der Waals surface area contributed by atoms with Crippen LogP contribution >= 0.6 is 0 Å². The second-order valence-electron chi connectivity index (χ2n) is 3.09. The third kappa shape index (κ3) is 3.55. The molecule has 0 aliphatic carbocycles. The number of nitro groups is 1. The molecular formula is C8H13NO2. The normalized spacial score (nSPS) is 11.9. The quantitative estimate of drug-likeness (QED) is 0.356. The summed E-state index contributed by atoms with van der Waals surface area (Å²) in [4.78, 5) is 10.0. The lowest BCUT2D eigenvalue weighted by molar-refractivity contribution is -0.545. The van der Waals surface area contributed by atoms with Crippen molar-refractivity contribution in [2.24, 2.45) is 0 Å². The minimum atomic E-state index is -0.987. The van der Waals surface area contributed by atoms with Crippen molar-refractivity contribution >= 4 is 0 Å². The molecule has 0 aromatic rings. The Kier molecular flexibility index (Phi) is 2.99. The molecule has 0 radical (unpaired) electrons. The van der Waals surface area contributed by atoms with Gasteiger partial charge in [-0.2, -0.15) is 0 Å². The van der Waals surface area contributed by atoms with Crippen molar-refractivity contribution in [3.8, 4) is 0 Å². The first-order valence-corrected chi connectivity index (χ1v) is 3.35. The zero-order valence-corrected chi connectivity index (χ0v) is 7.13. The average Bonchev–Trinajstić information content (AvgIpc) is 1.84. The Bertz CT molecular complexity index is 204. The molecule has 11 heavy (non-hydrogen) atoms. The molecule has 0 rings (SSSR count). The summed E-state index contributed by atoms with van der Waals surface area (Å²) in [7, 11) is 0. The third-order valence-electron chi connectivity index (χ3n) is 1.25. The molecule has 0 saturated carbocycles. The highest BCUT2D eigenvalue weighted by molar-refractivity contribution is 5.14. The molecule has 0 spiro atoms. The molecule has 62 valence electrons. The van der Waals surface area contributed by atoms with Crippen LogP contribution in [0.1, 0.15) is 20.8 Å². The van der Waals surface area contributed by atoms with Crippen LogP contribution in [-0.2, 0) is 0 Å². The molecule has 0 aromatic heterocycles. The summed E-state index contributed by atoms with van der Waals surface area (Å²) in [6.45, 7) is 8.50. The summed E-state index contributed by atoms with van der Waals surface area (Å²) in [5, 5.41) is 10.4. The fourth-order valence-corrected chi connectivity index (χ4v) is 0.407. The van der Waals surface area contributed by atoms with Crippen LogP contribution in [0.4, 0.5) is 0 Å². The zero-order chi connectivity index (χ0) is 9.07. The molecule has 3 heteroatoms. The number of allylic oxidation sites excluding steroid dienone is 2. The standard InChI is InChI=1S/C8H13NO2/c1-7(2)5-6-8(3,4)9(10)11/h5-6H,1H2,2-4H3/b6-5+. The molecular weight excluding hydrogens is 142 g/mol. The summed E-state index contributed by atoms with van der Waals surface area (Å²) in [6.07, 6.45) is 3.19. The maximum Gasteiger partial charge on any atom is 0.235 e. The molecule has 0 N–H and O–H groups in total. The summed E-state index contributed by atoms with van der Waals surface area (Å²) < 4.78 is 0. The largest absolute Gasteiger partial charge is 0.264 e. The lowest BCUT2D eigenvalue weighted by Crippen LogP contribution is -2.27. The van der Waals surface area contributed by atoms with Gasteiger partial charge < -0.3 is 0 Å². The van der Waals surface area contributed by atoms with Crippen molar-refractivity contribution in [2.75, 3.05) is 0 Å². The van der Waals surface area contributed by atoms with Crippen molar-refractivity contribution in [3.05, 3.63) is 34.4 Å². The molecule has 3 nitrogen and oxygen atoms in total. The predicted molar refractivity (Wildman–Crippen MR) is 45.0 cm³/mol. The van der Waals surface area contributed by atoms with E-state index in [0.717, 1.165) is 5.57 Å². The van der Waals surface area contributed by atoms with Crippen LogP contribution in [0.2, 0.25) is 0 Å². The molecule has 0 aliphatic heterocycles. The molecule has 0 unspecified atom stereocenters. The summed E-state index contributed by atoms with van der Waals surface area (Å²) >= 11 is 0. The maximum atomic E-state index is 10.4. The Balaban J connectivity index is 4.35. The van der Waals surface area contributed by atoms with E-state index < -0.39 is 5.54 Å². The second-order valence-corrected chi connectivity index (χ2v) is 3.09. The number of hydrogen-bond donors (Lipinski definition) is 0. The molecule has 0 heterocycles. The van der Waals surface area contributed by atoms with Gasteiger partial charge >= 0.3 is 0 Å². The van der Waals surface area contributed by atoms with Gasteiger partial charge in [-0.15, -0.1) is 0 Å². The van der Waals surface area contributed by atoms with Crippen molar-refractivity contribution in [1.29, 1.82) is 0 Å². The van der Waals surface area contributed by atoms with E-state index in [1.54, 1.807) is 26.8 Å². The maximum absolute atomic E-state index is 10.4. The minimum absolute atomic E-state index is 0.327. The van der Waals surface area contributed by atoms with Crippen molar-refractivity contribution in [1.82, 2.24) is 0 Å². The summed E-state index contributed by atoms with van der Waals surface area (Å²) in [6, 6.07) is 0. The van der Waals surface area contributed by atoms with Crippen LogP contribution in [0.25, 0.3) is 0 Å². The molecule has 0 aromatic carbocycles. The Morgan fingerprint density at radius 3 is 2.36 bits per heavy atom. The van der Waals surface area contributed by atoms with Gasteiger partial charge in [-0.3, -0.25) is 10.1 Å². The van der Waals surface area contributed by atoms with Gasteiger partial charge in [0, 0.05) is 18.8 Å². The van der Waals surface area contributed by atoms with Crippen LogP contribution < -0.4 is 0 Å². The van der Waals surface area contributed by atoms with Crippen molar-refractivity contribution < 1.29 is 4.92 Å². The average molecular weight is 155 g/mol. The zero-order valence-electron chi connectivity index (χ0n) is 7.13. The van der Waals surface area contributed by atoms with E-state index in [9.17, 15) is 10.1 Å². The van der Waals surface area contributed by atoms with Gasteiger partial charge in [-0.05, 0) is 13.0 Å². The monoisotopic (exact) mass is 155 g/mol. The highest BCUT2D eigenvalue weighted by Crippen LogP contribution is 2.10. The number of rotatable bonds is 3. The molecule has 0 fully saturated rings. The Labute approximate surface area is 66.6 Å². The number of hydrogen-bond acceptors (Lipinski definition) is 2. The van der Waals surface area contributed by atoms with Gasteiger partial charge in [0.25, 0.3) is 0 Å². The van der Waals surface area contributed by atoms with Gasteiger partial charge in [-0.1, -0.05) is 18.2 Å². The lowest BCUT2D eigenvalue weighted by Gasteiger charge is -2.09. The van der Waals surface area contributed by atoms with Gasteiger partial charge in [0.2, 0.25) is 5.54 Å². The van der Waals surface area contributed by atoms with Gasteiger partial charge in [0.05, 0.1) is 0 Å². The molecule has 0 bridgehead atoms. The molecule has 0 atom stereocenters. The lowest BCUT2D eigenvalue weighted by atomic mass is 10.1. The van der Waals surface area contributed by atoms with Crippen molar-refractivity contribution in [3.63, 3.8) is 0 Å². The fourth-order valence-electron chi connectivity index (χ4n) is 0.407. The van der Waals surface area contributed by atoms with E-state index in [2.05, 4.69) is 6.58 Å². The second kappa shape index (κ2) is 3.32. The molecule has 0 amide bonds. The first-order chi connectivity index (χ1) is 4.86. The Morgan fingerprint density at radius 1 is 1.64 bits per heavy atom. The van der Waals surface area contributed by atoms with Crippen LogP contribution in [-0.4, -0.2) is 10.5 Å². The SMILES string of the molecule is C=C(C)/C=C/C(C)(C)[N+](=O)[O-]. The van der Waals surface area contributed by atoms with Gasteiger partial charge in [0.1, 0.15) is 0 Å². The van der Waals surface area contributed by atoms with Crippen LogP contribution in [0.3, 0.4) is 0 Å². The van der Waals surface area contributed by atoms with E-state index in [1.165, 1.54) is 6.08 Å². The first kappa shape index (κ1) is 9.88. The van der Waals surface area contributed by atoms with E-state index in [4.69, 9.17) is 0 Å². The minimum Gasteiger partial charge on any atom is -0.264 e. The van der Waals surface area contributed by atoms with Crippen molar-refractivity contribution in [2.45, 2.75) is 26.3 Å². The smallest absolute Gasteiger partial charge is 0.235 e.